The van der Waals surface area contributed by atoms with Crippen LogP contribution < -0.4 is 20.5 Å². The van der Waals surface area contributed by atoms with Gasteiger partial charge in [-0.15, -0.1) is 0 Å². The molecule has 0 spiro atoms. The average molecular weight is 327 g/mol. The molecule has 3 N–H and O–H groups in total. The van der Waals surface area contributed by atoms with Gasteiger partial charge in [0, 0.05) is 19.3 Å². The molecule has 0 saturated carbocycles. The van der Waals surface area contributed by atoms with Gasteiger partial charge in [-0.05, 0) is 29.7 Å². The largest absolute Gasteiger partial charge is 0.454 e. The number of aromatic nitrogens is 2. The molecule has 0 atom stereocenters. The standard InChI is InChI=1S/C16H17N5O3/c17-15-18-7-11-3-4-21(8-12(11)20-15)16(22)19-6-10-1-2-13-14(5-10)24-9-23-13/h1-2,5,7H,3-4,6,8-9H2,(H,19,22)(H2,17,18,20). The van der Waals surface area contributed by atoms with Crippen LogP contribution in [-0.2, 0) is 19.5 Å². The number of carbonyl (C=O) groups is 1. The number of nitrogens with two attached hydrogens (primary N) is 1. The maximum Gasteiger partial charge on any atom is 0.318 e. The summed E-state index contributed by atoms with van der Waals surface area (Å²) < 4.78 is 10.6. The van der Waals surface area contributed by atoms with E-state index in [2.05, 4.69) is 15.3 Å². The first-order chi connectivity index (χ1) is 11.7. The summed E-state index contributed by atoms with van der Waals surface area (Å²) in [5, 5.41) is 2.92. The molecule has 1 aromatic carbocycles. The highest BCUT2D eigenvalue weighted by atomic mass is 16.7. The highest BCUT2D eigenvalue weighted by Crippen LogP contribution is 2.32. The maximum atomic E-state index is 12.4. The smallest absolute Gasteiger partial charge is 0.318 e. The lowest BCUT2D eigenvalue weighted by Gasteiger charge is -2.28. The van der Waals surface area contributed by atoms with Crippen molar-refractivity contribution >= 4 is 12.0 Å². The number of fused-ring (bicyclic) bond motifs is 2. The third-order valence-electron chi connectivity index (χ3n) is 4.13. The Morgan fingerprint density at radius 3 is 3.12 bits per heavy atom. The van der Waals surface area contributed by atoms with Crippen LogP contribution >= 0.6 is 0 Å². The number of benzene rings is 1. The molecule has 3 heterocycles. The SMILES string of the molecule is Nc1ncc2c(n1)CN(C(=O)NCc1ccc3c(c1)OCO3)CC2. The zero-order valence-electron chi connectivity index (χ0n) is 13.0. The molecule has 2 aromatic rings. The maximum absolute atomic E-state index is 12.4. The van der Waals surface area contributed by atoms with Crippen LogP contribution in [0.3, 0.4) is 0 Å². The number of urea groups is 1. The first-order valence-corrected chi connectivity index (χ1v) is 7.70. The average Bonchev–Trinajstić information content (AvgIpc) is 3.06. The Morgan fingerprint density at radius 2 is 2.21 bits per heavy atom. The molecule has 2 amide bonds. The van der Waals surface area contributed by atoms with Gasteiger partial charge in [-0.1, -0.05) is 6.07 Å². The molecule has 0 saturated heterocycles. The van der Waals surface area contributed by atoms with Gasteiger partial charge >= 0.3 is 6.03 Å². The lowest BCUT2D eigenvalue weighted by Crippen LogP contribution is -2.42. The molecule has 2 aliphatic heterocycles. The number of rotatable bonds is 2. The fourth-order valence-corrected chi connectivity index (χ4v) is 2.83. The van der Waals surface area contributed by atoms with E-state index in [1.54, 1.807) is 11.1 Å². The molecule has 0 unspecified atom stereocenters. The van der Waals surface area contributed by atoms with E-state index in [4.69, 9.17) is 15.2 Å². The summed E-state index contributed by atoms with van der Waals surface area (Å²) in [6.07, 6.45) is 2.46. The molecule has 8 nitrogen and oxygen atoms in total. The van der Waals surface area contributed by atoms with Crippen LogP contribution in [0.25, 0.3) is 0 Å². The van der Waals surface area contributed by atoms with Crippen LogP contribution in [0.1, 0.15) is 16.8 Å². The van der Waals surface area contributed by atoms with E-state index in [1.807, 2.05) is 18.2 Å². The van der Waals surface area contributed by atoms with E-state index in [9.17, 15) is 4.79 Å². The normalized spacial score (nSPS) is 15.1. The van der Waals surface area contributed by atoms with Crippen molar-refractivity contribution in [3.05, 3.63) is 41.2 Å². The molecule has 1 aromatic heterocycles. The van der Waals surface area contributed by atoms with Gasteiger partial charge in [0.2, 0.25) is 12.7 Å². The third-order valence-corrected chi connectivity index (χ3v) is 4.13. The molecule has 0 radical (unpaired) electrons. The molecule has 0 fully saturated rings. The Hall–Kier alpha value is -3.03. The second-order valence-corrected chi connectivity index (χ2v) is 5.72. The zero-order valence-corrected chi connectivity index (χ0v) is 13.0. The minimum atomic E-state index is -0.129. The van der Waals surface area contributed by atoms with Crippen molar-refractivity contribution in [2.24, 2.45) is 0 Å². The summed E-state index contributed by atoms with van der Waals surface area (Å²) in [5.74, 6) is 1.67. The first-order valence-electron chi connectivity index (χ1n) is 7.70. The van der Waals surface area contributed by atoms with E-state index in [-0.39, 0.29) is 18.8 Å². The van der Waals surface area contributed by atoms with Crippen LogP contribution in [0.2, 0.25) is 0 Å². The topological polar surface area (TPSA) is 103 Å². The molecule has 0 bridgehead atoms. The molecular formula is C16H17N5O3. The number of nitrogens with one attached hydrogen (secondary N) is 1. The number of ether oxygens (including phenoxy) is 2. The van der Waals surface area contributed by atoms with Gasteiger partial charge < -0.3 is 25.4 Å². The van der Waals surface area contributed by atoms with Gasteiger partial charge in [0.05, 0.1) is 12.2 Å². The summed E-state index contributed by atoms with van der Waals surface area (Å²) in [5.41, 5.74) is 8.43. The van der Waals surface area contributed by atoms with Gasteiger partial charge in [-0.25, -0.2) is 14.8 Å². The Labute approximate surface area is 138 Å². The van der Waals surface area contributed by atoms with Gasteiger partial charge in [-0.3, -0.25) is 0 Å². The van der Waals surface area contributed by atoms with Crippen molar-refractivity contribution in [2.45, 2.75) is 19.5 Å². The van der Waals surface area contributed by atoms with Crippen molar-refractivity contribution in [1.29, 1.82) is 0 Å². The molecule has 0 aliphatic carbocycles. The zero-order chi connectivity index (χ0) is 16.5. The van der Waals surface area contributed by atoms with Crippen LogP contribution in [0.15, 0.2) is 24.4 Å². The lowest BCUT2D eigenvalue weighted by atomic mass is 10.1. The first kappa shape index (κ1) is 14.6. The Morgan fingerprint density at radius 1 is 1.33 bits per heavy atom. The van der Waals surface area contributed by atoms with Crippen molar-refractivity contribution < 1.29 is 14.3 Å². The van der Waals surface area contributed by atoms with E-state index in [0.717, 1.165) is 29.0 Å². The number of hydrogen-bond acceptors (Lipinski definition) is 6. The van der Waals surface area contributed by atoms with Crippen molar-refractivity contribution in [1.82, 2.24) is 20.2 Å². The van der Waals surface area contributed by atoms with Crippen LogP contribution in [-0.4, -0.2) is 34.2 Å². The van der Waals surface area contributed by atoms with Crippen molar-refractivity contribution in [2.75, 3.05) is 19.1 Å². The van der Waals surface area contributed by atoms with Crippen molar-refractivity contribution in [3.63, 3.8) is 0 Å². The second kappa shape index (κ2) is 5.88. The summed E-state index contributed by atoms with van der Waals surface area (Å²) in [6.45, 7) is 1.73. The number of anilines is 1. The highest BCUT2D eigenvalue weighted by Gasteiger charge is 2.22. The summed E-state index contributed by atoms with van der Waals surface area (Å²) in [4.78, 5) is 22.3. The minimum Gasteiger partial charge on any atom is -0.454 e. The number of hydrogen-bond donors (Lipinski definition) is 2. The van der Waals surface area contributed by atoms with Crippen LogP contribution in [0, 0.1) is 0 Å². The molecular weight excluding hydrogens is 310 g/mol. The number of carbonyl (C=O) groups excluding carboxylic acids is 1. The second-order valence-electron chi connectivity index (χ2n) is 5.72. The van der Waals surface area contributed by atoms with Crippen LogP contribution in [0.5, 0.6) is 11.5 Å². The fourth-order valence-electron chi connectivity index (χ4n) is 2.83. The van der Waals surface area contributed by atoms with Gasteiger partial charge in [0.25, 0.3) is 0 Å². The molecule has 8 heteroatoms. The molecule has 4 rings (SSSR count). The monoisotopic (exact) mass is 327 g/mol. The lowest BCUT2D eigenvalue weighted by molar-refractivity contribution is 0.174. The van der Waals surface area contributed by atoms with E-state index >= 15 is 0 Å². The quantitative estimate of drug-likeness (QED) is 0.855. The third kappa shape index (κ3) is 2.78. The Bertz CT molecular complexity index is 795. The summed E-state index contributed by atoms with van der Waals surface area (Å²) >= 11 is 0. The summed E-state index contributed by atoms with van der Waals surface area (Å²) in [6, 6.07) is 5.51. The van der Waals surface area contributed by atoms with Gasteiger partial charge in [0.1, 0.15) is 0 Å². The molecule has 24 heavy (non-hydrogen) atoms. The number of nitrogens with zero attached hydrogens (tertiary/aromatic N) is 3. The molecule has 2 aliphatic rings. The Kier molecular flexibility index (Phi) is 3.56. The van der Waals surface area contributed by atoms with E-state index in [1.165, 1.54) is 0 Å². The minimum absolute atomic E-state index is 0.129. The van der Waals surface area contributed by atoms with E-state index < -0.39 is 0 Å². The van der Waals surface area contributed by atoms with E-state index in [0.29, 0.717) is 25.4 Å². The highest BCUT2D eigenvalue weighted by molar-refractivity contribution is 5.74. The molecule has 124 valence electrons. The van der Waals surface area contributed by atoms with Crippen LogP contribution in [0.4, 0.5) is 10.7 Å². The number of nitrogen functional groups attached to an aromatic ring is 1. The van der Waals surface area contributed by atoms with Gasteiger partial charge in [0.15, 0.2) is 11.5 Å². The summed E-state index contributed by atoms with van der Waals surface area (Å²) in [7, 11) is 0. The Balaban J connectivity index is 1.38. The fraction of sp³-hybridized carbons (Fsp3) is 0.312. The van der Waals surface area contributed by atoms with Crippen molar-refractivity contribution in [3.8, 4) is 11.5 Å². The number of amides is 2. The van der Waals surface area contributed by atoms with Gasteiger partial charge in [-0.2, -0.15) is 0 Å². The predicted octanol–water partition coefficient (Wildman–Crippen LogP) is 1.06. The predicted molar refractivity (Wildman–Crippen MR) is 85.4 cm³/mol.